The summed E-state index contributed by atoms with van der Waals surface area (Å²) in [5.41, 5.74) is 1.49. The van der Waals surface area contributed by atoms with Crippen LogP contribution in [0.25, 0.3) is 11.3 Å². The Hall–Kier alpha value is -2.62. The molecule has 1 N–H and O–H groups in total. The van der Waals surface area contributed by atoms with Gasteiger partial charge in [0.25, 0.3) is 0 Å². The molecule has 0 saturated carbocycles. The number of anilines is 1. The number of halogens is 1. The molecule has 0 unspecified atom stereocenters. The van der Waals surface area contributed by atoms with E-state index in [4.69, 9.17) is 21.1 Å². The molecule has 3 heterocycles. The summed E-state index contributed by atoms with van der Waals surface area (Å²) >= 11 is 6.35. The molecule has 1 saturated heterocycles. The van der Waals surface area contributed by atoms with Crippen LogP contribution in [-0.2, 0) is 20.8 Å². The summed E-state index contributed by atoms with van der Waals surface area (Å²) in [6.45, 7) is 7.25. The fourth-order valence-electron chi connectivity index (χ4n) is 3.44. The van der Waals surface area contributed by atoms with Crippen LogP contribution in [0.3, 0.4) is 0 Å². The van der Waals surface area contributed by atoms with Crippen molar-refractivity contribution in [1.82, 2.24) is 19.9 Å². The van der Waals surface area contributed by atoms with Gasteiger partial charge >= 0.3 is 5.97 Å². The van der Waals surface area contributed by atoms with E-state index in [1.54, 1.807) is 24.2 Å². The van der Waals surface area contributed by atoms with Gasteiger partial charge < -0.3 is 14.8 Å². The second-order valence-corrected chi connectivity index (χ2v) is 9.46. The minimum Gasteiger partial charge on any atom is -0.459 e. The Bertz CT molecular complexity index is 989. The predicted molar refractivity (Wildman–Crippen MR) is 125 cm³/mol. The molecule has 1 fully saturated rings. The molecule has 0 aliphatic carbocycles. The summed E-state index contributed by atoms with van der Waals surface area (Å²) in [5, 5.41) is 3.68. The summed E-state index contributed by atoms with van der Waals surface area (Å²) in [4.78, 5) is 38.9. The molecular weight excluding hydrogens is 446 g/mol. The molecule has 178 valence electrons. The fraction of sp³-hybridized carbons (Fsp3) is 0.522. The zero-order valence-electron chi connectivity index (χ0n) is 19.4. The lowest BCUT2D eigenvalue weighted by Gasteiger charge is -2.23. The standard InChI is InChI=1S/C23H30ClN5O4/c1-23(2,3)33-20(31)13-29(4)12-19-16(14-30)9-15(10-25-19)21-18(24)11-26-22(28-21)27-17-5-7-32-8-6-17/h9-11,14,17H,5-8,12-13H2,1-4H3,(H,26,27,28). The normalized spacial score (nSPS) is 14.8. The molecule has 1 aliphatic heterocycles. The van der Waals surface area contributed by atoms with E-state index in [1.807, 2.05) is 20.8 Å². The van der Waals surface area contributed by atoms with E-state index >= 15 is 0 Å². The van der Waals surface area contributed by atoms with Gasteiger partial charge in [0.05, 0.1) is 29.2 Å². The van der Waals surface area contributed by atoms with Gasteiger partial charge in [-0.3, -0.25) is 19.5 Å². The highest BCUT2D eigenvalue weighted by atomic mass is 35.5. The molecular formula is C23H30ClN5O4. The Kier molecular flexibility index (Phi) is 8.34. The van der Waals surface area contributed by atoms with Crippen molar-refractivity contribution in [3.05, 3.63) is 34.7 Å². The van der Waals surface area contributed by atoms with Gasteiger partial charge in [-0.05, 0) is 46.7 Å². The number of ether oxygens (including phenoxy) is 2. The van der Waals surface area contributed by atoms with Gasteiger partial charge in [0.15, 0.2) is 6.29 Å². The molecule has 2 aromatic rings. The lowest BCUT2D eigenvalue weighted by atomic mass is 10.1. The predicted octanol–water partition coefficient (Wildman–Crippen LogP) is 3.37. The molecule has 33 heavy (non-hydrogen) atoms. The highest BCUT2D eigenvalue weighted by Crippen LogP contribution is 2.27. The highest BCUT2D eigenvalue weighted by Gasteiger charge is 2.20. The molecule has 0 amide bonds. The van der Waals surface area contributed by atoms with Crippen LogP contribution >= 0.6 is 11.6 Å². The van der Waals surface area contributed by atoms with Gasteiger partial charge in [0.1, 0.15) is 5.60 Å². The van der Waals surface area contributed by atoms with Gasteiger partial charge in [0, 0.05) is 43.1 Å². The van der Waals surface area contributed by atoms with Crippen molar-refractivity contribution in [3.8, 4) is 11.3 Å². The summed E-state index contributed by atoms with van der Waals surface area (Å²) in [7, 11) is 1.77. The Morgan fingerprint density at radius 2 is 2.03 bits per heavy atom. The quantitative estimate of drug-likeness (QED) is 0.454. The number of rotatable bonds is 8. The van der Waals surface area contributed by atoms with E-state index in [0.29, 0.717) is 53.2 Å². The molecule has 0 spiro atoms. The number of nitrogens with zero attached hydrogens (tertiary/aromatic N) is 4. The molecule has 0 atom stereocenters. The topological polar surface area (TPSA) is 107 Å². The first-order valence-electron chi connectivity index (χ1n) is 10.9. The molecule has 0 bridgehead atoms. The largest absolute Gasteiger partial charge is 0.459 e. The second-order valence-electron chi connectivity index (χ2n) is 9.06. The van der Waals surface area contributed by atoms with Gasteiger partial charge in [-0.25, -0.2) is 9.97 Å². The van der Waals surface area contributed by atoms with E-state index < -0.39 is 5.60 Å². The number of hydrogen-bond donors (Lipinski definition) is 1. The molecule has 0 aromatic carbocycles. The Balaban J connectivity index is 1.74. The number of nitrogens with one attached hydrogen (secondary N) is 1. The first-order valence-corrected chi connectivity index (χ1v) is 11.2. The lowest BCUT2D eigenvalue weighted by Crippen LogP contribution is -2.32. The number of pyridine rings is 1. The first kappa shape index (κ1) is 25.0. The molecule has 3 rings (SSSR count). The number of hydrogen-bond acceptors (Lipinski definition) is 9. The SMILES string of the molecule is CN(CC(=O)OC(C)(C)C)Cc1ncc(-c2nc(NC3CCOCC3)ncc2Cl)cc1C=O. The van der Waals surface area contributed by atoms with E-state index in [2.05, 4.69) is 20.3 Å². The van der Waals surface area contributed by atoms with Crippen LogP contribution in [0.5, 0.6) is 0 Å². The number of aromatic nitrogens is 3. The van der Waals surface area contributed by atoms with Crippen molar-refractivity contribution < 1.29 is 19.1 Å². The Labute approximate surface area is 198 Å². The zero-order chi connectivity index (χ0) is 24.0. The number of carbonyl (C=O) groups excluding carboxylic acids is 2. The van der Waals surface area contributed by atoms with Crippen molar-refractivity contribution in [1.29, 1.82) is 0 Å². The fourth-order valence-corrected chi connectivity index (χ4v) is 3.64. The lowest BCUT2D eigenvalue weighted by molar-refractivity contribution is -0.155. The van der Waals surface area contributed by atoms with E-state index in [9.17, 15) is 9.59 Å². The molecule has 9 nitrogen and oxygen atoms in total. The van der Waals surface area contributed by atoms with Crippen LogP contribution in [0, 0.1) is 0 Å². The van der Waals surface area contributed by atoms with Gasteiger partial charge in [-0.15, -0.1) is 0 Å². The van der Waals surface area contributed by atoms with Crippen molar-refractivity contribution in [3.63, 3.8) is 0 Å². The second kappa shape index (κ2) is 11.0. The van der Waals surface area contributed by atoms with Crippen LogP contribution in [0.15, 0.2) is 18.5 Å². The van der Waals surface area contributed by atoms with E-state index in [0.717, 1.165) is 19.1 Å². The average Bonchev–Trinajstić information content (AvgIpc) is 2.74. The van der Waals surface area contributed by atoms with Crippen LogP contribution in [0.4, 0.5) is 5.95 Å². The Morgan fingerprint density at radius 3 is 2.70 bits per heavy atom. The summed E-state index contributed by atoms with van der Waals surface area (Å²) in [5.74, 6) is 0.127. The van der Waals surface area contributed by atoms with Crippen LogP contribution < -0.4 is 5.32 Å². The Morgan fingerprint density at radius 1 is 1.30 bits per heavy atom. The number of carbonyl (C=O) groups is 2. The molecule has 2 aromatic heterocycles. The summed E-state index contributed by atoms with van der Waals surface area (Å²) < 4.78 is 10.7. The number of likely N-dealkylation sites (N-methyl/N-ethyl adjacent to an activating group) is 1. The van der Waals surface area contributed by atoms with E-state index in [-0.39, 0.29) is 18.6 Å². The minimum absolute atomic E-state index is 0.0813. The summed E-state index contributed by atoms with van der Waals surface area (Å²) in [6, 6.07) is 1.93. The third kappa shape index (κ3) is 7.45. The van der Waals surface area contributed by atoms with Gasteiger partial charge in [-0.1, -0.05) is 11.6 Å². The smallest absolute Gasteiger partial charge is 0.320 e. The maximum atomic E-state index is 12.1. The third-order valence-corrected chi connectivity index (χ3v) is 5.22. The van der Waals surface area contributed by atoms with Crippen LogP contribution in [-0.4, -0.2) is 70.6 Å². The van der Waals surface area contributed by atoms with Gasteiger partial charge in [0.2, 0.25) is 5.95 Å². The van der Waals surface area contributed by atoms with Crippen molar-refractivity contribution in [2.24, 2.45) is 0 Å². The van der Waals surface area contributed by atoms with Crippen molar-refractivity contribution in [2.45, 2.75) is 51.8 Å². The maximum absolute atomic E-state index is 12.1. The molecule has 0 radical (unpaired) electrons. The third-order valence-electron chi connectivity index (χ3n) is 4.94. The van der Waals surface area contributed by atoms with Crippen molar-refractivity contribution in [2.75, 3.05) is 32.1 Å². The first-order chi connectivity index (χ1) is 15.6. The molecule has 10 heteroatoms. The monoisotopic (exact) mass is 475 g/mol. The summed E-state index contributed by atoms with van der Waals surface area (Å²) in [6.07, 6.45) is 5.65. The number of aldehydes is 1. The van der Waals surface area contributed by atoms with Crippen molar-refractivity contribution >= 4 is 29.8 Å². The maximum Gasteiger partial charge on any atom is 0.320 e. The molecule has 1 aliphatic rings. The average molecular weight is 476 g/mol. The van der Waals surface area contributed by atoms with E-state index in [1.165, 1.54) is 6.20 Å². The highest BCUT2D eigenvalue weighted by molar-refractivity contribution is 6.32. The van der Waals surface area contributed by atoms with Crippen LogP contribution in [0.1, 0.15) is 49.7 Å². The minimum atomic E-state index is -0.555. The van der Waals surface area contributed by atoms with Gasteiger partial charge in [-0.2, -0.15) is 0 Å². The zero-order valence-corrected chi connectivity index (χ0v) is 20.2. The number of esters is 1. The van der Waals surface area contributed by atoms with Crippen LogP contribution in [0.2, 0.25) is 5.02 Å².